The molecule has 1 unspecified atom stereocenters. The summed E-state index contributed by atoms with van der Waals surface area (Å²) in [4.78, 5) is 23.6. The van der Waals surface area contributed by atoms with Crippen molar-refractivity contribution in [3.05, 3.63) is 47.7 Å². The number of halogens is 1. The standard InChI is InChI=1S/C20H24FN5O2/c1-13-12-18(28-16-4-2-15(21)3-5-16)24-19(23-13)14-7-10-26(11-8-14)20(27)17-6-9-22-25-17/h2-5,12,14,17,22,25H,6-11H2,1H3. The van der Waals surface area contributed by atoms with Gasteiger partial charge in [-0.1, -0.05) is 0 Å². The van der Waals surface area contributed by atoms with Crippen LogP contribution in [0.5, 0.6) is 11.6 Å². The van der Waals surface area contributed by atoms with Gasteiger partial charge in [-0.25, -0.2) is 14.8 Å². The van der Waals surface area contributed by atoms with E-state index in [2.05, 4.69) is 20.8 Å². The molecule has 2 fully saturated rings. The number of nitrogens with one attached hydrogen (secondary N) is 2. The predicted molar refractivity (Wildman–Crippen MR) is 101 cm³/mol. The minimum atomic E-state index is -0.309. The van der Waals surface area contributed by atoms with Crippen LogP contribution in [0.1, 0.15) is 36.7 Å². The van der Waals surface area contributed by atoms with Crippen molar-refractivity contribution in [3.8, 4) is 11.6 Å². The molecule has 7 nitrogen and oxygen atoms in total. The largest absolute Gasteiger partial charge is 0.439 e. The van der Waals surface area contributed by atoms with E-state index >= 15 is 0 Å². The minimum absolute atomic E-state index is 0.123. The smallest absolute Gasteiger partial charge is 0.241 e. The highest BCUT2D eigenvalue weighted by Gasteiger charge is 2.31. The van der Waals surface area contributed by atoms with Gasteiger partial charge in [-0.3, -0.25) is 10.2 Å². The van der Waals surface area contributed by atoms with E-state index in [-0.39, 0.29) is 23.7 Å². The summed E-state index contributed by atoms with van der Waals surface area (Å²) in [5.41, 5.74) is 6.86. The lowest BCUT2D eigenvalue weighted by molar-refractivity contribution is -0.134. The number of amides is 1. The first-order valence-corrected chi connectivity index (χ1v) is 9.64. The number of piperidine rings is 1. The van der Waals surface area contributed by atoms with E-state index < -0.39 is 0 Å². The van der Waals surface area contributed by atoms with Gasteiger partial charge in [-0.2, -0.15) is 4.98 Å². The maximum Gasteiger partial charge on any atom is 0.241 e. The number of hydrogen-bond donors (Lipinski definition) is 2. The molecule has 1 aromatic heterocycles. The summed E-state index contributed by atoms with van der Waals surface area (Å²) in [7, 11) is 0. The second kappa shape index (κ2) is 8.20. The first-order chi connectivity index (χ1) is 13.6. The number of ether oxygens (including phenoxy) is 1. The van der Waals surface area contributed by atoms with Crippen LogP contribution in [0.2, 0.25) is 0 Å². The molecular formula is C20H24FN5O2. The minimum Gasteiger partial charge on any atom is -0.439 e. The van der Waals surface area contributed by atoms with Gasteiger partial charge in [0.15, 0.2) is 0 Å². The van der Waals surface area contributed by atoms with E-state index in [0.717, 1.165) is 37.3 Å². The van der Waals surface area contributed by atoms with Crippen molar-refractivity contribution in [2.75, 3.05) is 19.6 Å². The highest BCUT2D eigenvalue weighted by Crippen LogP contribution is 2.29. The second-order valence-corrected chi connectivity index (χ2v) is 7.27. The zero-order valence-electron chi connectivity index (χ0n) is 15.8. The summed E-state index contributed by atoms with van der Waals surface area (Å²) in [5, 5.41) is 0. The van der Waals surface area contributed by atoms with Crippen LogP contribution in [-0.2, 0) is 4.79 Å². The number of hydrogen-bond acceptors (Lipinski definition) is 6. The normalized spacial score (nSPS) is 20.4. The van der Waals surface area contributed by atoms with Gasteiger partial charge >= 0.3 is 0 Å². The fourth-order valence-corrected chi connectivity index (χ4v) is 3.67. The maximum atomic E-state index is 13.1. The average Bonchev–Trinajstić information content (AvgIpc) is 3.24. The lowest BCUT2D eigenvalue weighted by Crippen LogP contribution is -2.48. The molecule has 0 bridgehead atoms. The van der Waals surface area contributed by atoms with Crippen molar-refractivity contribution in [1.82, 2.24) is 25.7 Å². The van der Waals surface area contributed by atoms with E-state index in [1.165, 1.54) is 12.1 Å². The number of hydrazine groups is 1. The van der Waals surface area contributed by atoms with Crippen molar-refractivity contribution in [3.63, 3.8) is 0 Å². The molecule has 148 valence electrons. The van der Waals surface area contributed by atoms with E-state index in [9.17, 15) is 9.18 Å². The summed E-state index contributed by atoms with van der Waals surface area (Å²) in [6, 6.07) is 7.50. The first kappa shape index (κ1) is 18.8. The number of carbonyl (C=O) groups excluding carboxylic acids is 1. The number of aryl methyl sites for hydroxylation is 1. The van der Waals surface area contributed by atoms with Crippen LogP contribution in [-0.4, -0.2) is 46.5 Å². The molecule has 0 aliphatic carbocycles. The lowest BCUT2D eigenvalue weighted by Gasteiger charge is -2.33. The molecule has 2 N–H and O–H groups in total. The predicted octanol–water partition coefficient (Wildman–Crippen LogP) is 2.29. The second-order valence-electron chi connectivity index (χ2n) is 7.27. The summed E-state index contributed by atoms with van der Waals surface area (Å²) in [6.07, 6.45) is 2.47. The number of carbonyl (C=O) groups is 1. The molecule has 2 saturated heterocycles. The summed E-state index contributed by atoms with van der Waals surface area (Å²) in [5.74, 6) is 1.77. The van der Waals surface area contributed by atoms with Gasteiger partial charge in [0.05, 0.1) is 0 Å². The Balaban J connectivity index is 1.41. The molecule has 0 radical (unpaired) electrons. The molecule has 0 spiro atoms. The Hall–Kier alpha value is -2.58. The third-order valence-corrected chi connectivity index (χ3v) is 5.19. The molecule has 2 aliphatic rings. The Kier molecular flexibility index (Phi) is 5.50. The van der Waals surface area contributed by atoms with Crippen molar-refractivity contribution in [1.29, 1.82) is 0 Å². The van der Waals surface area contributed by atoms with E-state index in [1.54, 1.807) is 18.2 Å². The summed E-state index contributed by atoms with van der Waals surface area (Å²) < 4.78 is 18.8. The average molecular weight is 385 g/mol. The van der Waals surface area contributed by atoms with Crippen molar-refractivity contribution >= 4 is 5.91 Å². The molecule has 8 heteroatoms. The van der Waals surface area contributed by atoms with Crippen LogP contribution in [0.3, 0.4) is 0 Å². The van der Waals surface area contributed by atoms with Gasteiger partial charge < -0.3 is 9.64 Å². The highest BCUT2D eigenvalue weighted by molar-refractivity contribution is 5.82. The number of rotatable bonds is 4. The highest BCUT2D eigenvalue weighted by atomic mass is 19.1. The molecule has 28 heavy (non-hydrogen) atoms. The Labute approximate surface area is 163 Å². The van der Waals surface area contributed by atoms with Crippen LogP contribution < -0.4 is 15.6 Å². The van der Waals surface area contributed by atoms with Gasteiger partial charge in [0.2, 0.25) is 11.8 Å². The number of nitrogens with zero attached hydrogens (tertiary/aromatic N) is 3. The van der Waals surface area contributed by atoms with Crippen LogP contribution >= 0.6 is 0 Å². The SMILES string of the molecule is Cc1cc(Oc2ccc(F)cc2)nc(C2CCN(C(=O)C3CCNN3)CC2)n1. The van der Waals surface area contributed by atoms with Gasteiger partial charge in [0.1, 0.15) is 23.4 Å². The van der Waals surface area contributed by atoms with Gasteiger partial charge in [-0.15, -0.1) is 0 Å². The molecule has 1 aromatic carbocycles. The monoisotopic (exact) mass is 385 g/mol. The van der Waals surface area contributed by atoms with Crippen LogP contribution in [0.15, 0.2) is 30.3 Å². The summed E-state index contributed by atoms with van der Waals surface area (Å²) >= 11 is 0. The first-order valence-electron chi connectivity index (χ1n) is 9.64. The molecule has 1 amide bonds. The van der Waals surface area contributed by atoms with Gasteiger partial charge in [0.25, 0.3) is 0 Å². The zero-order valence-corrected chi connectivity index (χ0v) is 15.8. The quantitative estimate of drug-likeness (QED) is 0.841. The topological polar surface area (TPSA) is 79.4 Å². The van der Waals surface area contributed by atoms with Gasteiger partial charge in [-0.05, 0) is 50.5 Å². The number of aromatic nitrogens is 2. The number of likely N-dealkylation sites (tertiary alicyclic amines) is 1. The van der Waals surface area contributed by atoms with Crippen molar-refractivity contribution in [2.45, 2.75) is 38.1 Å². The zero-order chi connectivity index (χ0) is 19.5. The Morgan fingerprint density at radius 1 is 1.18 bits per heavy atom. The fraction of sp³-hybridized carbons (Fsp3) is 0.450. The molecule has 0 saturated carbocycles. The third-order valence-electron chi connectivity index (χ3n) is 5.19. The molecule has 1 atom stereocenters. The molecule has 4 rings (SSSR count). The summed E-state index contributed by atoms with van der Waals surface area (Å²) in [6.45, 7) is 4.13. The van der Waals surface area contributed by atoms with Gasteiger partial charge in [0, 0.05) is 37.3 Å². The van der Waals surface area contributed by atoms with Crippen LogP contribution in [0.25, 0.3) is 0 Å². The molecule has 2 aliphatic heterocycles. The lowest BCUT2D eigenvalue weighted by atomic mass is 9.95. The number of benzene rings is 1. The Morgan fingerprint density at radius 2 is 1.93 bits per heavy atom. The van der Waals surface area contributed by atoms with E-state index in [1.807, 2.05) is 11.8 Å². The van der Waals surface area contributed by atoms with Crippen LogP contribution in [0, 0.1) is 12.7 Å². The third kappa shape index (κ3) is 4.28. The van der Waals surface area contributed by atoms with Crippen molar-refractivity contribution in [2.24, 2.45) is 0 Å². The Bertz CT molecular complexity index is 831. The van der Waals surface area contributed by atoms with E-state index in [0.29, 0.717) is 24.7 Å². The maximum absolute atomic E-state index is 13.1. The Morgan fingerprint density at radius 3 is 2.61 bits per heavy atom. The van der Waals surface area contributed by atoms with E-state index in [4.69, 9.17) is 4.74 Å². The molecule has 2 aromatic rings. The fourth-order valence-electron chi connectivity index (χ4n) is 3.67. The van der Waals surface area contributed by atoms with Crippen molar-refractivity contribution < 1.29 is 13.9 Å². The molecule has 3 heterocycles. The van der Waals surface area contributed by atoms with Crippen LogP contribution in [0.4, 0.5) is 4.39 Å². The molecular weight excluding hydrogens is 361 g/mol.